The van der Waals surface area contributed by atoms with Crippen LogP contribution < -0.4 is 0 Å². The molecule has 0 radical (unpaired) electrons. The number of aromatic nitrogens is 2. The second kappa shape index (κ2) is 6.29. The van der Waals surface area contributed by atoms with E-state index in [2.05, 4.69) is 6.92 Å². The van der Waals surface area contributed by atoms with Crippen molar-refractivity contribution in [3.05, 3.63) is 90.5 Å². The Balaban J connectivity index is 1.97. The third kappa shape index (κ3) is 2.81. The van der Waals surface area contributed by atoms with E-state index < -0.39 is 0 Å². The fourth-order valence-electron chi connectivity index (χ4n) is 2.94. The SMILES string of the molecule is Cc1ccc(-c2c(-c3ccccc3)nn(-c3ccccc3)c2O)cc1. The summed E-state index contributed by atoms with van der Waals surface area (Å²) in [4.78, 5) is 0. The molecule has 0 aliphatic carbocycles. The molecule has 0 saturated carbocycles. The maximum atomic E-state index is 10.9. The number of para-hydroxylation sites is 1. The topological polar surface area (TPSA) is 38.0 Å². The van der Waals surface area contributed by atoms with Gasteiger partial charge in [-0.1, -0.05) is 78.4 Å². The van der Waals surface area contributed by atoms with Crippen molar-refractivity contribution in [1.29, 1.82) is 0 Å². The normalized spacial score (nSPS) is 10.8. The second-order valence-corrected chi connectivity index (χ2v) is 6.03. The van der Waals surface area contributed by atoms with E-state index in [4.69, 9.17) is 5.10 Å². The minimum Gasteiger partial charge on any atom is -0.493 e. The maximum Gasteiger partial charge on any atom is 0.222 e. The zero-order valence-electron chi connectivity index (χ0n) is 13.9. The van der Waals surface area contributed by atoms with Gasteiger partial charge in [-0.25, -0.2) is 4.68 Å². The van der Waals surface area contributed by atoms with Crippen molar-refractivity contribution in [3.8, 4) is 34.0 Å². The predicted molar refractivity (Wildman–Crippen MR) is 101 cm³/mol. The van der Waals surface area contributed by atoms with Crippen molar-refractivity contribution in [3.63, 3.8) is 0 Å². The Morgan fingerprint density at radius 2 is 1.32 bits per heavy atom. The van der Waals surface area contributed by atoms with E-state index in [0.717, 1.165) is 28.1 Å². The molecule has 0 fully saturated rings. The first-order chi connectivity index (χ1) is 12.2. The van der Waals surface area contributed by atoms with Crippen LogP contribution >= 0.6 is 0 Å². The third-order valence-corrected chi connectivity index (χ3v) is 4.25. The molecule has 0 bridgehead atoms. The number of benzene rings is 3. The zero-order chi connectivity index (χ0) is 17.2. The van der Waals surface area contributed by atoms with Crippen LogP contribution in [0.3, 0.4) is 0 Å². The minimum atomic E-state index is 0.147. The molecular weight excluding hydrogens is 308 g/mol. The van der Waals surface area contributed by atoms with Gasteiger partial charge in [0.05, 0.1) is 11.3 Å². The van der Waals surface area contributed by atoms with Crippen LogP contribution in [0.5, 0.6) is 5.88 Å². The molecule has 4 aromatic rings. The lowest BCUT2D eigenvalue weighted by molar-refractivity contribution is 0.435. The Hall–Kier alpha value is -3.33. The van der Waals surface area contributed by atoms with Crippen molar-refractivity contribution in [2.24, 2.45) is 0 Å². The molecule has 3 nitrogen and oxygen atoms in total. The van der Waals surface area contributed by atoms with Gasteiger partial charge in [0.1, 0.15) is 5.69 Å². The monoisotopic (exact) mass is 326 g/mol. The molecule has 0 unspecified atom stereocenters. The lowest BCUT2D eigenvalue weighted by Gasteiger charge is -2.05. The first-order valence-electron chi connectivity index (χ1n) is 8.24. The van der Waals surface area contributed by atoms with Gasteiger partial charge < -0.3 is 5.11 Å². The summed E-state index contributed by atoms with van der Waals surface area (Å²) in [6, 6.07) is 27.8. The zero-order valence-corrected chi connectivity index (χ0v) is 13.9. The van der Waals surface area contributed by atoms with E-state index in [-0.39, 0.29) is 5.88 Å². The first-order valence-corrected chi connectivity index (χ1v) is 8.24. The van der Waals surface area contributed by atoms with E-state index in [1.54, 1.807) is 4.68 Å². The van der Waals surface area contributed by atoms with Gasteiger partial charge in [-0.3, -0.25) is 0 Å². The van der Waals surface area contributed by atoms with E-state index >= 15 is 0 Å². The molecule has 0 aliphatic rings. The standard InChI is InChI=1S/C22H18N2O/c1-16-12-14-17(15-13-16)20-21(18-8-4-2-5-9-18)23-24(22(20)25)19-10-6-3-7-11-19/h2-15,25H,1H3. The summed E-state index contributed by atoms with van der Waals surface area (Å²) < 4.78 is 1.59. The molecule has 0 amide bonds. The summed E-state index contributed by atoms with van der Waals surface area (Å²) in [5.41, 5.74) is 5.45. The van der Waals surface area contributed by atoms with Gasteiger partial charge in [-0.05, 0) is 24.6 Å². The summed E-state index contributed by atoms with van der Waals surface area (Å²) >= 11 is 0. The van der Waals surface area contributed by atoms with Crippen LogP contribution in [0.2, 0.25) is 0 Å². The Kier molecular flexibility index (Phi) is 3.82. The highest BCUT2D eigenvalue weighted by Gasteiger charge is 2.21. The molecule has 122 valence electrons. The van der Waals surface area contributed by atoms with Gasteiger partial charge in [0.15, 0.2) is 0 Å². The Morgan fingerprint density at radius 1 is 0.720 bits per heavy atom. The molecule has 0 saturated heterocycles. The number of aryl methyl sites for hydroxylation is 1. The van der Waals surface area contributed by atoms with Gasteiger partial charge in [-0.2, -0.15) is 5.10 Å². The molecular formula is C22H18N2O. The average Bonchev–Trinajstić information content (AvgIpc) is 3.01. The quantitative estimate of drug-likeness (QED) is 0.560. The smallest absolute Gasteiger partial charge is 0.222 e. The molecule has 0 spiro atoms. The molecule has 0 aliphatic heterocycles. The van der Waals surface area contributed by atoms with Crippen molar-refractivity contribution >= 4 is 0 Å². The van der Waals surface area contributed by atoms with Crippen LogP contribution in [-0.2, 0) is 0 Å². The highest BCUT2D eigenvalue weighted by atomic mass is 16.3. The van der Waals surface area contributed by atoms with E-state index in [1.165, 1.54) is 5.56 Å². The van der Waals surface area contributed by atoms with Crippen molar-refractivity contribution in [2.45, 2.75) is 6.92 Å². The van der Waals surface area contributed by atoms with Crippen LogP contribution in [0.25, 0.3) is 28.1 Å². The molecule has 4 rings (SSSR count). The molecule has 1 aromatic heterocycles. The van der Waals surface area contributed by atoms with E-state index in [9.17, 15) is 5.11 Å². The fraction of sp³-hybridized carbons (Fsp3) is 0.0455. The lowest BCUT2D eigenvalue weighted by atomic mass is 10.0. The first kappa shape index (κ1) is 15.2. The number of nitrogens with zero attached hydrogens (tertiary/aromatic N) is 2. The number of rotatable bonds is 3. The van der Waals surface area contributed by atoms with Gasteiger partial charge in [0.2, 0.25) is 5.88 Å². The summed E-state index contributed by atoms with van der Waals surface area (Å²) in [7, 11) is 0. The number of hydrogen-bond acceptors (Lipinski definition) is 2. The van der Waals surface area contributed by atoms with Crippen LogP contribution in [0, 0.1) is 6.92 Å². The van der Waals surface area contributed by atoms with E-state index in [1.807, 2.05) is 84.9 Å². The largest absolute Gasteiger partial charge is 0.493 e. The van der Waals surface area contributed by atoms with Crippen LogP contribution in [-0.4, -0.2) is 14.9 Å². The van der Waals surface area contributed by atoms with Crippen molar-refractivity contribution in [1.82, 2.24) is 9.78 Å². The van der Waals surface area contributed by atoms with Crippen molar-refractivity contribution in [2.75, 3.05) is 0 Å². The Labute approximate surface area is 146 Å². The minimum absolute atomic E-state index is 0.147. The second-order valence-electron chi connectivity index (χ2n) is 6.03. The molecule has 1 heterocycles. The third-order valence-electron chi connectivity index (χ3n) is 4.25. The fourth-order valence-corrected chi connectivity index (χ4v) is 2.94. The van der Waals surface area contributed by atoms with Gasteiger partial charge in [0, 0.05) is 5.56 Å². The van der Waals surface area contributed by atoms with Gasteiger partial charge in [-0.15, -0.1) is 0 Å². The van der Waals surface area contributed by atoms with E-state index in [0.29, 0.717) is 0 Å². The number of aromatic hydroxyl groups is 1. The van der Waals surface area contributed by atoms with Crippen LogP contribution in [0.4, 0.5) is 0 Å². The summed E-state index contributed by atoms with van der Waals surface area (Å²) in [6.07, 6.45) is 0. The summed E-state index contributed by atoms with van der Waals surface area (Å²) in [5.74, 6) is 0.147. The average molecular weight is 326 g/mol. The molecule has 25 heavy (non-hydrogen) atoms. The van der Waals surface area contributed by atoms with Crippen molar-refractivity contribution < 1.29 is 5.11 Å². The maximum absolute atomic E-state index is 10.9. The molecule has 1 N–H and O–H groups in total. The summed E-state index contributed by atoms with van der Waals surface area (Å²) in [5, 5.41) is 15.7. The van der Waals surface area contributed by atoms with Gasteiger partial charge in [0.25, 0.3) is 0 Å². The van der Waals surface area contributed by atoms with Crippen LogP contribution in [0.1, 0.15) is 5.56 Å². The Bertz CT molecular complexity index is 988. The van der Waals surface area contributed by atoms with Gasteiger partial charge >= 0.3 is 0 Å². The predicted octanol–water partition coefficient (Wildman–Crippen LogP) is 5.22. The number of hydrogen-bond donors (Lipinski definition) is 1. The molecule has 3 heteroatoms. The molecule has 3 aromatic carbocycles. The Morgan fingerprint density at radius 3 is 1.96 bits per heavy atom. The summed E-state index contributed by atoms with van der Waals surface area (Å²) in [6.45, 7) is 2.05. The lowest BCUT2D eigenvalue weighted by Crippen LogP contribution is -1.95. The highest BCUT2D eigenvalue weighted by molar-refractivity contribution is 5.85. The van der Waals surface area contributed by atoms with Crippen LogP contribution in [0.15, 0.2) is 84.9 Å². The molecule has 0 atom stereocenters. The highest BCUT2D eigenvalue weighted by Crippen LogP contribution is 2.39.